The van der Waals surface area contributed by atoms with Crippen molar-refractivity contribution in [2.75, 3.05) is 33.0 Å². The van der Waals surface area contributed by atoms with Gasteiger partial charge in [-0.15, -0.1) is 5.92 Å². The molecule has 6 heteroatoms. The van der Waals surface area contributed by atoms with E-state index >= 15 is 0 Å². The molecule has 0 rings (SSSR count). The molecular weight excluding hydrogens is 454 g/mol. The monoisotopic (exact) mass is 509 g/mol. The van der Waals surface area contributed by atoms with Crippen LogP contribution >= 0.6 is 0 Å². The van der Waals surface area contributed by atoms with E-state index in [9.17, 15) is 14.4 Å². The molecule has 0 bridgehead atoms. The second-order valence-electron chi connectivity index (χ2n) is 13.5. The molecular formula is C30H55NO5. The van der Waals surface area contributed by atoms with Gasteiger partial charge in [0, 0.05) is 42.2 Å². The fourth-order valence-electron chi connectivity index (χ4n) is 2.29. The molecule has 0 aromatic carbocycles. The highest BCUT2D eigenvalue weighted by molar-refractivity contribution is 5.85. The molecule has 0 radical (unpaired) electrons. The maximum absolute atomic E-state index is 11.6. The van der Waals surface area contributed by atoms with Crippen LogP contribution in [0.2, 0.25) is 0 Å². The van der Waals surface area contributed by atoms with Crippen LogP contribution < -0.4 is 5.32 Å². The first-order valence-corrected chi connectivity index (χ1v) is 13.1. The minimum atomic E-state index is -0.433. The number of unbranched alkanes of at least 4 members (excludes halogenated alkanes) is 1. The summed E-state index contributed by atoms with van der Waals surface area (Å²) in [6.07, 6.45) is 3.36. The summed E-state index contributed by atoms with van der Waals surface area (Å²) in [4.78, 5) is 34.6. The summed E-state index contributed by atoms with van der Waals surface area (Å²) in [6, 6.07) is 0. The van der Waals surface area contributed by atoms with Crippen molar-refractivity contribution in [2.24, 2.45) is 21.7 Å². The van der Waals surface area contributed by atoms with Gasteiger partial charge in [-0.05, 0) is 39.0 Å². The Bertz CT molecular complexity index is 716. The molecule has 0 saturated heterocycles. The summed E-state index contributed by atoms with van der Waals surface area (Å²) in [5, 5.41) is 2.69. The Morgan fingerprint density at radius 3 is 1.75 bits per heavy atom. The Labute approximate surface area is 222 Å². The van der Waals surface area contributed by atoms with Gasteiger partial charge < -0.3 is 14.8 Å². The van der Waals surface area contributed by atoms with Crippen molar-refractivity contribution < 1.29 is 23.9 Å². The number of carbonyl (C=O) groups excluding carboxylic acids is 3. The lowest BCUT2D eigenvalue weighted by atomic mass is 9.88. The van der Waals surface area contributed by atoms with E-state index in [1.807, 2.05) is 41.5 Å². The predicted molar refractivity (Wildman–Crippen MR) is 149 cm³/mol. The number of hydrogen-bond donors (Lipinski definition) is 1. The Kier molecular flexibility index (Phi) is 17.1. The van der Waals surface area contributed by atoms with Crippen molar-refractivity contribution in [3.05, 3.63) is 0 Å². The van der Waals surface area contributed by atoms with Crippen LogP contribution in [-0.2, 0) is 23.9 Å². The quantitative estimate of drug-likeness (QED) is 0.257. The molecule has 210 valence electrons. The molecule has 0 aliphatic carbocycles. The van der Waals surface area contributed by atoms with E-state index in [4.69, 9.17) is 9.47 Å². The van der Waals surface area contributed by atoms with Gasteiger partial charge in [0.1, 0.15) is 19.0 Å². The minimum Gasteiger partial charge on any atom is -0.380 e. The number of Topliss-reactive ketones (excluding diaryl/α,β-unsaturated/α-hetero) is 2. The summed E-state index contributed by atoms with van der Waals surface area (Å²) in [7, 11) is 0. The molecule has 0 aromatic heterocycles. The first kappa shape index (κ1) is 36.4. The van der Waals surface area contributed by atoms with Crippen LogP contribution in [-0.4, -0.2) is 50.4 Å². The summed E-state index contributed by atoms with van der Waals surface area (Å²) in [5.41, 5.74) is -0.292. The van der Waals surface area contributed by atoms with Gasteiger partial charge in [-0.25, -0.2) is 0 Å². The smallest absolute Gasteiger partial charge is 0.246 e. The number of nitrogens with one attached hydrogen (secondary N) is 1. The highest BCUT2D eigenvalue weighted by Gasteiger charge is 2.21. The van der Waals surface area contributed by atoms with Gasteiger partial charge in [0.05, 0.1) is 6.61 Å². The third kappa shape index (κ3) is 25.4. The highest BCUT2D eigenvalue weighted by atomic mass is 16.5. The van der Waals surface area contributed by atoms with E-state index in [1.165, 1.54) is 0 Å². The normalized spacial score (nSPS) is 12.1. The van der Waals surface area contributed by atoms with Gasteiger partial charge in [-0.2, -0.15) is 0 Å². The van der Waals surface area contributed by atoms with Crippen LogP contribution in [0, 0.1) is 33.5 Å². The van der Waals surface area contributed by atoms with Gasteiger partial charge in [-0.1, -0.05) is 68.2 Å². The molecule has 0 aliphatic heterocycles. The second kappa shape index (κ2) is 16.9. The van der Waals surface area contributed by atoms with E-state index in [0.717, 1.165) is 19.3 Å². The van der Waals surface area contributed by atoms with Gasteiger partial charge in [0.25, 0.3) is 0 Å². The topological polar surface area (TPSA) is 81.7 Å². The van der Waals surface area contributed by atoms with E-state index in [1.54, 1.807) is 0 Å². The van der Waals surface area contributed by atoms with Crippen LogP contribution in [0.25, 0.3) is 0 Å². The number of amides is 1. The molecule has 0 heterocycles. The van der Waals surface area contributed by atoms with Gasteiger partial charge >= 0.3 is 0 Å². The Morgan fingerprint density at radius 1 is 0.722 bits per heavy atom. The number of rotatable bonds is 12. The molecule has 0 fully saturated rings. The van der Waals surface area contributed by atoms with Crippen molar-refractivity contribution in [1.82, 2.24) is 5.32 Å². The first-order valence-electron chi connectivity index (χ1n) is 13.1. The molecule has 1 amide bonds. The SMILES string of the molecule is CC(C)(C)C#CCCCC(=O)C(C)(C)C.CC(C)(C)CCOCCNC(=O)COCC(=O)C(C)(C)C. The minimum absolute atomic E-state index is 0.0131. The number of carbonyl (C=O) groups is 3. The molecule has 0 saturated carbocycles. The molecule has 36 heavy (non-hydrogen) atoms. The van der Waals surface area contributed by atoms with Gasteiger partial charge in [-0.3, -0.25) is 14.4 Å². The van der Waals surface area contributed by atoms with Gasteiger partial charge in [0.2, 0.25) is 5.91 Å². The summed E-state index contributed by atoms with van der Waals surface area (Å²) < 4.78 is 10.5. The third-order valence-corrected chi connectivity index (χ3v) is 4.87. The predicted octanol–water partition coefficient (Wildman–Crippen LogP) is 6.01. The van der Waals surface area contributed by atoms with Crippen LogP contribution in [0.4, 0.5) is 0 Å². The molecule has 0 spiro atoms. The zero-order chi connectivity index (χ0) is 28.6. The van der Waals surface area contributed by atoms with E-state index in [2.05, 4.69) is 58.7 Å². The molecule has 0 atom stereocenters. The summed E-state index contributed by atoms with van der Waals surface area (Å²) in [6.45, 7) is 25.7. The number of ether oxygens (including phenoxy) is 2. The molecule has 0 unspecified atom stereocenters. The van der Waals surface area contributed by atoms with Crippen LogP contribution in [0.15, 0.2) is 0 Å². The zero-order valence-electron chi connectivity index (χ0n) is 25.4. The highest BCUT2D eigenvalue weighted by Crippen LogP contribution is 2.19. The van der Waals surface area contributed by atoms with E-state index in [0.29, 0.717) is 32.0 Å². The van der Waals surface area contributed by atoms with Crippen LogP contribution in [0.5, 0.6) is 0 Å². The number of ketones is 2. The lowest BCUT2D eigenvalue weighted by Gasteiger charge is -2.17. The fourth-order valence-corrected chi connectivity index (χ4v) is 2.29. The van der Waals surface area contributed by atoms with E-state index < -0.39 is 5.41 Å². The number of hydrogen-bond acceptors (Lipinski definition) is 5. The molecule has 6 nitrogen and oxygen atoms in total. The lowest BCUT2D eigenvalue weighted by Crippen LogP contribution is -2.33. The summed E-state index contributed by atoms with van der Waals surface area (Å²) >= 11 is 0. The standard InChI is InChI=1S/C16H31NO4.C14H24O/c1-15(2,3)7-9-20-10-8-17-14(19)12-21-11-13(18)16(4,5)6;1-13(2,3)11-9-7-8-10-12(15)14(4,5)6/h7-12H2,1-6H3,(H,17,19);7-8,10H2,1-6H3. The molecule has 1 N–H and O–H groups in total. The van der Waals surface area contributed by atoms with Crippen molar-refractivity contribution in [3.63, 3.8) is 0 Å². The van der Waals surface area contributed by atoms with Crippen LogP contribution in [0.1, 0.15) is 109 Å². The average molecular weight is 510 g/mol. The lowest BCUT2D eigenvalue weighted by molar-refractivity contribution is -0.134. The maximum Gasteiger partial charge on any atom is 0.246 e. The van der Waals surface area contributed by atoms with Crippen molar-refractivity contribution in [3.8, 4) is 11.8 Å². The molecule has 0 aliphatic rings. The fraction of sp³-hybridized carbons (Fsp3) is 0.833. The van der Waals surface area contributed by atoms with Gasteiger partial charge in [0.15, 0.2) is 5.78 Å². The Hall–Kier alpha value is -1.71. The Morgan fingerprint density at radius 2 is 1.28 bits per heavy atom. The Balaban J connectivity index is 0. The molecule has 0 aromatic rings. The maximum atomic E-state index is 11.6. The van der Waals surface area contributed by atoms with Crippen molar-refractivity contribution in [1.29, 1.82) is 0 Å². The first-order chi connectivity index (χ1) is 16.1. The average Bonchev–Trinajstić information content (AvgIpc) is 2.67. The second-order valence-corrected chi connectivity index (χ2v) is 13.5. The largest absolute Gasteiger partial charge is 0.380 e. The zero-order valence-corrected chi connectivity index (χ0v) is 25.4. The van der Waals surface area contributed by atoms with Crippen molar-refractivity contribution >= 4 is 17.5 Å². The van der Waals surface area contributed by atoms with E-state index in [-0.39, 0.29) is 41.1 Å². The van der Waals surface area contributed by atoms with Crippen molar-refractivity contribution in [2.45, 2.75) is 109 Å². The third-order valence-electron chi connectivity index (χ3n) is 4.87. The summed E-state index contributed by atoms with van der Waals surface area (Å²) in [5.74, 6) is 6.40. The van der Waals surface area contributed by atoms with Crippen LogP contribution in [0.3, 0.4) is 0 Å².